The third-order valence-electron chi connectivity index (χ3n) is 4.90. The number of rotatable bonds is 9. The van der Waals surface area contributed by atoms with Crippen LogP contribution in [0, 0.1) is 0 Å². The summed E-state index contributed by atoms with van der Waals surface area (Å²) in [4.78, 5) is 23.7. The molecule has 160 valence electrons. The first kappa shape index (κ1) is 22.2. The summed E-state index contributed by atoms with van der Waals surface area (Å²) in [5.74, 6) is -1.20. The predicted octanol–water partition coefficient (Wildman–Crippen LogP) is 2.21. The van der Waals surface area contributed by atoms with Crippen LogP contribution < -0.4 is 21.8 Å². The molecule has 7 nitrogen and oxygen atoms in total. The maximum absolute atomic E-state index is 12.3. The molecule has 7 heteroatoms. The molecule has 0 fully saturated rings. The standard InChI is InChI=1S/C24H26N4O3/c25-14-22(24(30)28-31)27-23(29)21-12-10-20(11-13-21)19-8-6-18(7-9-19)16-26-15-17-4-2-1-3-5-17/h1-13,22,26,31H,14-16,25H2,(H,27,29)(H,28,30)/t22-/m0/s1. The maximum atomic E-state index is 12.3. The van der Waals surface area contributed by atoms with Crippen molar-refractivity contribution >= 4 is 11.8 Å². The van der Waals surface area contributed by atoms with Crippen molar-refractivity contribution in [2.24, 2.45) is 5.73 Å². The molecule has 0 unspecified atom stereocenters. The van der Waals surface area contributed by atoms with Crippen LogP contribution in [0.15, 0.2) is 78.9 Å². The molecule has 2 amide bonds. The average molecular weight is 418 g/mol. The van der Waals surface area contributed by atoms with E-state index < -0.39 is 17.9 Å². The Morgan fingerprint density at radius 2 is 1.35 bits per heavy atom. The lowest BCUT2D eigenvalue weighted by Gasteiger charge is -2.14. The number of amides is 2. The van der Waals surface area contributed by atoms with E-state index in [-0.39, 0.29) is 6.54 Å². The SMILES string of the molecule is NC[C@H](NC(=O)c1ccc(-c2ccc(CNCc3ccccc3)cc2)cc1)C(=O)NO. The Balaban J connectivity index is 1.56. The third-order valence-corrected chi connectivity index (χ3v) is 4.90. The number of carbonyl (C=O) groups is 2. The van der Waals surface area contributed by atoms with Gasteiger partial charge in [-0.05, 0) is 34.4 Å². The van der Waals surface area contributed by atoms with Gasteiger partial charge in [0, 0.05) is 25.2 Å². The highest BCUT2D eigenvalue weighted by molar-refractivity contribution is 5.97. The number of benzene rings is 3. The van der Waals surface area contributed by atoms with E-state index in [4.69, 9.17) is 10.9 Å². The van der Waals surface area contributed by atoms with Crippen molar-refractivity contribution < 1.29 is 14.8 Å². The minimum atomic E-state index is -1.000. The van der Waals surface area contributed by atoms with E-state index in [1.165, 1.54) is 16.6 Å². The van der Waals surface area contributed by atoms with Crippen LogP contribution in [-0.4, -0.2) is 29.6 Å². The van der Waals surface area contributed by atoms with Gasteiger partial charge in [-0.3, -0.25) is 14.8 Å². The maximum Gasteiger partial charge on any atom is 0.267 e. The van der Waals surface area contributed by atoms with E-state index in [1.807, 2.05) is 42.5 Å². The van der Waals surface area contributed by atoms with Gasteiger partial charge in [0.2, 0.25) is 0 Å². The minimum absolute atomic E-state index is 0.122. The Morgan fingerprint density at radius 3 is 1.90 bits per heavy atom. The van der Waals surface area contributed by atoms with Crippen molar-refractivity contribution in [3.8, 4) is 11.1 Å². The first-order valence-corrected chi connectivity index (χ1v) is 9.99. The number of nitrogens with one attached hydrogen (secondary N) is 3. The number of nitrogens with two attached hydrogens (primary N) is 1. The topological polar surface area (TPSA) is 116 Å². The van der Waals surface area contributed by atoms with Gasteiger partial charge in [0.1, 0.15) is 6.04 Å². The van der Waals surface area contributed by atoms with Crippen molar-refractivity contribution in [2.45, 2.75) is 19.1 Å². The van der Waals surface area contributed by atoms with Gasteiger partial charge >= 0.3 is 0 Å². The number of hydroxylamine groups is 1. The summed E-state index contributed by atoms with van der Waals surface area (Å²) in [5, 5.41) is 14.6. The van der Waals surface area contributed by atoms with Gasteiger partial charge in [-0.1, -0.05) is 66.7 Å². The normalized spacial score (nSPS) is 11.5. The highest BCUT2D eigenvalue weighted by Crippen LogP contribution is 2.20. The summed E-state index contributed by atoms with van der Waals surface area (Å²) in [7, 11) is 0. The molecule has 3 aromatic carbocycles. The van der Waals surface area contributed by atoms with E-state index in [9.17, 15) is 9.59 Å². The van der Waals surface area contributed by atoms with Crippen LogP contribution in [0.2, 0.25) is 0 Å². The second-order valence-electron chi connectivity index (χ2n) is 7.10. The summed E-state index contributed by atoms with van der Waals surface area (Å²) < 4.78 is 0. The van der Waals surface area contributed by atoms with E-state index in [0.29, 0.717) is 5.56 Å². The monoisotopic (exact) mass is 418 g/mol. The summed E-state index contributed by atoms with van der Waals surface area (Å²) in [6.07, 6.45) is 0. The number of hydrogen-bond acceptors (Lipinski definition) is 5. The Kier molecular flexibility index (Phi) is 7.89. The quantitative estimate of drug-likeness (QED) is 0.270. The van der Waals surface area contributed by atoms with E-state index in [1.54, 1.807) is 12.1 Å². The molecule has 0 aliphatic rings. The molecule has 0 aliphatic heterocycles. The third kappa shape index (κ3) is 6.23. The number of carbonyl (C=O) groups excluding carboxylic acids is 2. The van der Waals surface area contributed by atoms with Crippen LogP contribution >= 0.6 is 0 Å². The predicted molar refractivity (Wildman–Crippen MR) is 119 cm³/mol. The molecule has 0 saturated heterocycles. The molecule has 0 radical (unpaired) electrons. The molecule has 0 spiro atoms. The summed E-state index contributed by atoms with van der Waals surface area (Å²) in [5.41, 5.74) is 11.8. The van der Waals surface area contributed by atoms with Crippen molar-refractivity contribution in [3.05, 3.63) is 95.6 Å². The van der Waals surface area contributed by atoms with Gasteiger partial charge in [-0.2, -0.15) is 0 Å². The van der Waals surface area contributed by atoms with Gasteiger partial charge in [0.15, 0.2) is 0 Å². The first-order valence-electron chi connectivity index (χ1n) is 9.99. The first-order chi connectivity index (χ1) is 15.1. The molecule has 3 rings (SSSR count). The fraction of sp³-hybridized carbons (Fsp3) is 0.167. The fourth-order valence-corrected chi connectivity index (χ4v) is 3.13. The molecule has 0 aromatic heterocycles. The van der Waals surface area contributed by atoms with Crippen LogP contribution in [0.1, 0.15) is 21.5 Å². The Bertz CT molecular complexity index is 990. The zero-order valence-corrected chi connectivity index (χ0v) is 17.0. The number of hydrogen-bond donors (Lipinski definition) is 5. The van der Waals surface area contributed by atoms with Crippen molar-refractivity contribution in [2.75, 3.05) is 6.54 Å². The second-order valence-corrected chi connectivity index (χ2v) is 7.10. The van der Waals surface area contributed by atoms with Crippen molar-refractivity contribution in [3.63, 3.8) is 0 Å². The second kappa shape index (κ2) is 11.0. The van der Waals surface area contributed by atoms with Crippen LogP contribution in [0.25, 0.3) is 11.1 Å². The van der Waals surface area contributed by atoms with E-state index in [2.05, 4.69) is 34.9 Å². The van der Waals surface area contributed by atoms with Crippen LogP contribution in [-0.2, 0) is 17.9 Å². The summed E-state index contributed by atoms with van der Waals surface area (Å²) in [6.45, 7) is 1.47. The molecule has 3 aromatic rings. The summed E-state index contributed by atoms with van der Waals surface area (Å²) >= 11 is 0. The molecule has 31 heavy (non-hydrogen) atoms. The molecule has 1 atom stereocenters. The van der Waals surface area contributed by atoms with Gasteiger partial charge < -0.3 is 16.4 Å². The molecule has 6 N–H and O–H groups in total. The molecule has 0 bridgehead atoms. The van der Waals surface area contributed by atoms with Gasteiger partial charge in [-0.25, -0.2) is 5.48 Å². The highest BCUT2D eigenvalue weighted by atomic mass is 16.5. The van der Waals surface area contributed by atoms with Crippen LogP contribution in [0.5, 0.6) is 0 Å². The molecule has 0 aliphatic carbocycles. The Labute approximate surface area is 181 Å². The van der Waals surface area contributed by atoms with Crippen molar-refractivity contribution in [1.29, 1.82) is 0 Å². The van der Waals surface area contributed by atoms with Gasteiger partial charge in [0.05, 0.1) is 0 Å². The fourth-order valence-electron chi connectivity index (χ4n) is 3.13. The van der Waals surface area contributed by atoms with Gasteiger partial charge in [-0.15, -0.1) is 0 Å². The Morgan fingerprint density at radius 1 is 0.806 bits per heavy atom. The van der Waals surface area contributed by atoms with Crippen molar-refractivity contribution in [1.82, 2.24) is 16.1 Å². The molecular weight excluding hydrogens is 392 g/mol. The zero-order valence-electron chi connectivity index (χ0n) is 17.0. The molecule has 0 saturated carbocycles. The smallest absolute Gasteiger partial charge is 0.267 e. The molecule has 0 heterocycles. The van der Waals surface area contributed by atoms with Crippen LogP contribution in [0.4, 0.5) is 0 Å². The lowest BCUT2D eigenvalue weighted by Crippen LogP contribution is -2.50. The largest absolute Gasteiger partial charge is 0.339 e. The minimum Gasteiger partial charge on any atom is -0.339 e. The lowest BCUT2D eigenvalue weighted by molar-refractivity contribution is -0.130. The van der Waals surface area contributed by atoms with Gasteiger partial charge in [0.25, 0.3) is 11.8 Å². The highest BCUT2D eigenvalue weighted by Gasteiger charge is 2.19. The lowest BCUT2D eigenvalue weighted by atomic mass is 10.0. The average Bonchev–Trinajstić information content (AvgIpc) is 2.83. The summed E-state index contributed by atoms with van der Waals surface area (Å²) in [6, 6.07) is 24.6. The zero-order chi connectivity index (χ0) is 22.1. The Hall–Kier alpha value is -3.52. The van der Waals surface area contributed by atoms with Crippen LogP contribution in [0.3, 0.4) is 0 Å². The van der Waals surface area contributed by atoms with E-state index in [0.717, 1.165) is 24.2 Å². The molecular formula is C24H26N4O3. The van der Waals surface area contributed by atoms with E-state index >= 15 is 0 Å².